The van der Waals surface area contributed by atoms with Gasteiger partial charge in [0.05, 0.1) is 6.61 Å². The second-order valence-corrected chi connectivity index (χ2v) is 3.79. The van der Waals surface area contributed by atoms with E-state index in [1.165, 1.54) is 0 Å². The first-order valence-corrected chi connectivity index (χ1v) is 4.92. The summed E-state index contributed by atoms with van der Waals surface area (Å²) < 4.78 is 0. The van der Waals surface area contributed by atoms with E-state index in [1.54, 1.807) is 6.08 Å². The van der Waals surface area contributed by atoms with Crippen LogP contribution in [0.25, 0.3) is 0 Å². The number of rotatable bonds is 3. The van der Waals surface area contributed by atoms with Gasteiger partial charge in [-0.05, 0) is 5.92 Å². The van der Waals surface area contributed by atoms with Crippen LogP contribution >= 0.6 is 0 Å². The van der Waals surface area contributed by atoms with Crippen molar-refractivity contribution < 1.29 is 9.90 Å². The molecule has 80 valence electrons. The van der Waals surface area contributed by atoms with Crippen molar-refractivity contribution in [2.24, 2.45) is 5.92 Å². The molecule has 0 aromatic rings. The van der Waals surface area contributed by atoms with Gasteiger partial charge < -0.3 is 10.4 Å². The Bertz CT molecular complexity index is 218. The highest BCUT2D eigenvalue weighted by Gasteiger charge is 2.28. The molecular formula is C10H18N2O2. The summed E-state index contributed by atoms with van der Waals surface area (Å²) in [4.78, 5) is 13.5. The molecule has 1 rings (SSSR count). The third-order valence-corrected chi connectivity index (χ3v) is 2.45. The van der Waals surface area contributed by atoms with Crippen LogP contribution in [0.2, 0.25) is 0 Å². The maximum absolute atomic E-state index is 11.5. The fourth-order valence-corrected chi connectivity index (χ4v) is 1.72. The van der Waals surface area contributed by atoms with Crippen molar-refractivity contribution in [2.75, 3.05) is 26.2 Å². The van der Waals surface area contributed by atoms with Crippen molar-refractivity contribution in [3.63, 3.8) is 0 Å². The number of carbonyl (C=O) groups excluding carboxylic acids is 1. The molecule has 0 bridgehead atoms. The Hall–Kier alpha value is -0.870. The molecule has 1 aliphatic rings. The summed E-state index contributed by atoms with van der Waals surface area (Å²) in [7, 11) is 0. The maximum Gasteiger partial charge on any atom is 0.239 e. The van der Waals surface area contributed by atoms with Crippen LogP contribution in [0.4, 0.5) is 0 Å². The number of aliphatic hydroxyl groups is 1. The molecule has 1 amide bonds. The number of nitrogens with one attached hydrogen (secondary N) is 1. The normalized spacial score (nSPS) is 29.4. The van der Waals surface area contributed by atoms with Gasteiger partial charge >= 0.3 is 0 Å². The van der Waals surface area contributed by atoms with E-state index in [2.05, 4.69) is 18.8 Å². The van der Waals surface area contributed by atoms with Gasteiger partial charge in [-0.1, -0.05) is 13.0 Å². The predicted molar refractivity (Wildman–Crippen MR) is 54.8 cm³/mol. The maximum atomic E-state index is 11.5. The zero-order chi connectivity index (χ0) is 10.6. The molecule has 0 radical (unpaired) electrons. The molecule has 0 aliphatic carbocycles. The minimum absolute atomic E-state index is 0.0845. The molecule has 1 fully saturated rings. The Morgan fingerprint density at radius 2 is 2.50 bits per heavy atom. The average molecular weight is 198 g/mol. The minimum atomic E-state index is -0.419. The van der Waals surface area contributed by atoms with Crippen molar-refractivity contribution in [3.05, 3.63) is 12.7 Å². The summed E-state index contributed by atoms with van der Waals surface area (Å²) >= 11 is 0. The number of hydrogen-bond donors (Lipinski definition) is 2. The van der Waals surface area contributed by atoms with Crippen LogP contribution in [0.15, 0.2) is 12.7 Å². The van der Waals surface area contributed by atoms with Gasteiger partial charge in [0.2, 0.25) is 5.91 Å². The predicted octanol–water partition coefficient (Wildman–Crippen LogP) is -0.399. The van der Waals surface area contributed by atoms with Gasteiger partial charge in [0.1, 0.15) is 6.04 Å². The number of hydrogen-bond acceptors (Lipinski definition) is 3. The van der Waals surface area contributed by atoms with E-state index in [0.717, 1.165) is 6.54 Å². The van der Waals surface area contributed by atoms with Crippen LogP contribution in [-0.2, 0) is 4.79 Å². The lowest BCUT2D eigenvalue weighted by atomic mass is 10.1. The number of amides is 1. The third kappa shape index (κ3) is 2.56. The molecule has 0 aromatic carbocycles. The number of aliphatic hydroxyl groups excluding tert-OH is 1. The van der Waals surface area contributed by atoms with E-state index < -0.39 is 6.04 Å². The van der Waals surface area contributed by atoms with Gasteiger partial charge in [-0.15, -0.1) is 6.58 Å². The van der Waals surface area contributed by atoms with E-state index in [9.17, 15) is 4.79 Å². The second kappa shape index (κ2) is 5.12. The Labute approximate surface area is 84.6 Å². The van der Waals surface area contributed by atoms with E-state index >= 15 is 0 Å². The van der Waals surface area contributed by atoms with Gasteiger partial charge in [0, 0.05) is 19.6 Å². The van der Waals surface area contributed by atoms with Gasteiger partial charge in [-0.25, -0.2) is 0 Å². The van der Waals surface area contributed by atoms with Gasteiger partial charge in [0.25, 0.3) is 0 Å². The average Bonchev–Trinajstić information content (AvgIpc) is 2.27. The summed E-state index contributed by atoms with van der Waals surface area (Å²) in [5.74, 6) is 0.328. The molecule has 14 heavy (non-hydrogen) atoms. The second-order valence-electron chi connectivity index (χ2n) is 3.79. The van der Waals surface area contributed by atoms with Crippen LogP contribution in [0.5, 0.6) is 0 Å². The Balaban J connectivity index is 2.72. The first kappa shape index (κ1) is 11.2. The monoisotopic (exact) mass is 198 g/mol. The largest absolute Gasteiger partial charge is 0.394 e. The first-order chi connectivity index (χ1) is 6.69. The zero-order valence-corrected chi connectivity index (χ0v) is 8.57. The fourth-order valence-electron chi connectivity index (χ4n) is 1.72. The molecule has 1 saturated heterocycles. The topological polar surface area (TPSA) is 52.6 Å². The molecule has 2 atom stereocenters. The van der Waals surface area contributed by atoms with Crippen LogP contribution in [0.1, 0.15) is 6.92 Å². The SMILES string of the molecule is C=CCN1CC(C)CNC(=O)C1CO. The smallest absolute Gasteiger partial charge is 0.239 e. The van der Waals surface area contributed by atoms with E-state index in [4.69, 9.17) is 5.11 Å². The molecular weight excluding hydrogens is 180 g/mol. The van der Waals surface area contributed by atoms with Crippen molar-refractivity contribution in [2.45, 2.75) is 13.0 Å². The number of carbonyl (C=O) groups is 1. The lowest BCUT2D eigenvalue weighted by Crippen LogP contribution is -2.46. The van der Waals surface area contributed by atoms with Gasteiger partial charge in [0.15, 0.2) is 0 Å². The molecule has 1 aliphatic heterocycles. The summed E-state index contributed by atoms with van der Waals surface area (Å²) in [6.45, 7) is 7.74. The number of nitrogens with zero attached hydrogens (tertiary/aromatic N) is 1. The minimum Gasteiger partial charge on any atom is -0.394 e. The molecule has 2 unspecified atom stereocenters. The summed E-state index contributed by atoms with van der Waals surface area (Å²) in [5.41, 5.74) is 0. The quantitative estimate of drug-likeness (QED) is 0.607. The Morgan fingerprint density at radius 3 is 3.07 bits per heavy atom. The van der Waals surface area contributed by atoms with Crippen LogP contribution in [-0.4, -0.2) is 48.2 Å². The van der Waals surface area contributed by atoms with Crippen molar-refractivity contribution in [1.29, 1.82) is 0 Å². The Kier molecular flexibility index (Phi) is 4.10. The highest BCUT2D eigenvalue weighted by molar-refractivity contribution is 5.82. The van der Waals surface area contributed by atoms with Crippen molar-refractivity contribution in [3.8, 4) is 0 Å². The summed E-state index contributed by atoms with van der Waals surface area (Å²) in [6.07, 6.45) is 1.76. The molecule has 0 spiro atoms. The van der Waals surface area contributed by atoms with Crippen LogP contribution in [0, 0.1) is 5.92 Å². The van der Waals surface area contributed by atoms with E-state index in [0.29, 0.717) is 19.0 Å². The molecule has 4 nitrogen and oxygen atoms in total. The molecule has 1 heterocycles. The lowest BCUT2D eigenvalue weighted by Gasteiger charge is -2.26. The summed E-state index contributed by atoms with van der Waals surface area (Å²) in [6, 6.07) is -0.419. The van der Waals surface area contributed by atoms with Gasteiger partial charge in [-0.2, -0.15) is 0 Å². The first-order valence-electron chi connectivity index (χ1n) is 4.92. The molecule has 0 aromatic heterocycles. The van der Waals surface area contributed by atoms with Gasteiger partial charge in [-0.3, -0.25) is 9.69 Å². The summed E-state index contributed by atoms with van der Waals surface area (Å²) in [5, 5.41) is 11.9. The van der Waals surface area contributed by atoms with Crippen LogP contribution in [0.3, 0.4) is 0 Å². The highest BCUT2D eigenvalue weighted by atomic mass is 16.3. The zero-order valence-electron chi connectivity index (χ0n) is 8.57. The van der Waals surface area contributed by atoms with Crippen LogP contribution < -0.4 is 5.32 Å². The fraction of sp³-hybridized carbons (Fsp3) is 0.700. The molecule has 0 saturated carbocycles. The molecule has 2 N–H and O–H groups in total. The van der Waals surface area contributed by atoms with E-state index in [-0.39, 0.29) is 12.5 Å². The molecule has 4 heteroatoms. The standard InChI is InChI=1S/C10H18N2O2/c1-3-4-12-6-8(2)5-11-10(14)9(12)7-13/h3,8-9,13H,1,4-7H2,2H3,(H,11,14). The Morgan fingerprint density at radius 1 is 1.79 bits per heavy atom. The van der Waals surface area contributed by atoms with E-state index in [1.807, 2.05) is 4.90 Å². The third-order valence-electron chi connectivity index (χ3n) is 2.45. The van der Waals surface area contributed by atoms with Crippen molar-refractivity contribution in [1.82, 2.24) is 10.2 Å². The highest BCUT2D eigenvalue weighted by Crippen LogP contribution is 2.09. The lowest BCUT2D eigenvalue weighted by molar-refractivity contribution is -0.126. The van der Waals surface area contributed by atoms with Crippen molar-refractivity contribution >= 4 is 5.91 Å².